The largest absolute Gasteiger partial charge is 0.338 e. The van der Waals surface area contributed by atoms with Crippen molar-refractivity contribution in [2.24, 2.45) is 0 Å². The van der Waals surface area contributed by atoms with Crippen molar-refractivity contribution in [1.82, 2.24) is 4.90 Å². The molecule has 1 heterocycles. The minimum atomic E-state index is -3.14. The van der Waals surface area contributed by atoms with Crippen LogP contribution in [0.5, 0.6) is 0 Å². The Bertz CT molecular complexity index is 752. The molecule has 1 atom stereocenters. The summed E-state index contributed by atoms with van der Waals surface area (Å²) in [5.41, 5.74) is 0.0400. The maximum absolute atomic E-state index is 13.1. The molecule has 1 aromatic carbocycles. The molecule has 0 spiro atoms. The van der Waals surface area contributed by atoms with Gasteiger partial charge >= 0.3 is 0 Å². The van der Waals surface area contributed by atoms with Crippen LogP contribution in [0.1, 0.15) is 19.8 Å². The highest BCUT2D eigenvalue weighted by Gasteiger charge is 2.34. The van der Waals surface area contributed by atoms with Crippen molar-refractivity contribution >= 4 is 27.3 Å². The fourth-order valence-electron chi connectivity index (χ4n) is 2.68. The molecule has 2 amide bonds. The lowest BCUT2D eigenvalue weighted by atomic mass is 10.2. The topological polar surface area (TPSA) is 83.6 Å². The second-order valence-corrected chi connectivity index (χ2v) is 7.82. The van der Waals surface area contributed by atoms with E-state index in [1.165, 1.54) is 11.0 Å². The normalized spacial score (nSPS) is 19.0. The van der Waals surface area contributed by atoms with Gasteiger partial charge in [-0.05, 0) is 25.5 Å². The van der Waals surface area contributed by atoms with Crippen LogP contribution < -0.4 is 5.32 Å². The van der Waals surface area contributed by atoms with Gasteiger partial charge in [0.15, 0.2) is 21.5 Å². The third kappa shape index (κ3) is 4.50. The summed E-state index contributed by atoms with van der Waals surface area (Å²) < 4.78 is 49.0. The number of halogens is 2. The van der Waals surface area contributed by atoms with Gasteiger partial charge in [0.2, 0.25) is 11.8 Å². The van der Waals surface area contributed by atoms with Gasteiger partial charge in [-0.3, -0.25) is 9.59 Å². The quantitative estimate of drug-likeness (QED) is 0.803. The molecule has 0 bridgehead atoms. The SMILES string of the molecule is CCN(C(=O)CC(=O)Nc1ccc(F)c(F)c1)C1CCS(=O)(=O)C1. The van der Waals surface area contributed by atoms with Crippen molar-refractivity contribution in [1.29, 1.82) is 0 Å². The van der Waals surface area contributed by atoms with Crippen LogP contribution in [0.4, 0.5) is 14.5 Å². The molecule has 132 valence electrons. The predicted octanol–water partition coefficient (Wildman–Crippen LogP) is 1.33. The number of amides is 2. The van der Waals surface area contributed by atoms with Crippen LogP contribution in [0.2, 0.25) is 0 Å². The average Bonchev–Trinajstić information content (AvgIpc) is 2.83. The van der Waals surface area contributed by atoms with Gasteiger partial charge in [0.05, 0.1) is 11.5 Å². The molecule has 1 aromatic rings. The van der Waals surface area contributed by atoms with E-state index in [1.807, 2.05) is 0 Å². The molecule has 24 heavy (non-hydrogen) atoms. The van der Waals surface area contributed by atoms with Crippen molar-refractivity contribution < 1.29 is 26.8 Å². The fraction of sp³-hybridized carbons (Fsp3) is 0.467. The highest BCUT2D eigenvalue weighted by Crippen LogP contribution is 2.19. The number of benzene rings is 1. The van der Waals surface area contributed by atoms with E-state index in [1.54, 1.807) is 6.92 Å². The third-order valence-corrected chi connectivity index (χ3v) is 5.58. The third-order valence-electron chi connectivity index (χ3n) is 3.83. The zero-order chi connectivity index (χ0) is 17.9. The van der Waals surface area contributed by atoms with Crippen molar-refractivity contribution in [3.8, 4) is 0 Å². The van der Waals surface area contributed by atoms with E-state index in [4.69, 9.17) is 0 Å². The minimum absolute atomic E-state index is 0.0303. The maximum atomic E-state index is 13.1. The van der Waals surface area contributed by atoms with E-state index in [0.29, 0.717) is 6.42 Å². The first-order chi connectivity index (χ1) is 11.2. The van der Waals surface area contributed by atoms with Gasteiger partial charge in [-0.25, -0.2) is 17.2 Å². The monoisotopic (exact) mass is 360 g/mol. The molecular formula is C15H18F2N2O4S. The van der Waals surface area contributed by atoms with Crippen LogP contribution in [0.25, 0.3) is 0 Å². The zero-order valence-electron chi connectivity index (χ0n) is 13.1. The lowest BCUT2D eigenvalue weighted by molar-refractivity contribution is -0.135. The molecule has 1 saturated heterocycles. The lowest BCUT2D eigenvalue weighted by Crippen LogP contribution is -2.42. The van der Waals surface area contributed by atoms with Crippen LogP contribution in [-0.4, -0.2) is 49.2 Å². The summed E-state index contributed by atoms with van der Waals surface area (Å²) in [6.07, 6.45) is -0.143. The summed E-state index contributed by atoms with van der Waals surface area (Å²) in [6.45, 7) is 1.99. The second kappa shape index (κ2) is 7.25. The number of sulfone groups is 1. The molecule has 1 fully saturated rings. The molecule has 1 N–H and O–H groups in total. The Morgan fingerprint density at radius 3 is 2.54 bits per heavy atom. The number of carbonyl (C=O) groups excluding carboxylic acids is 2. The van der Waals surface area contributed by atoms with Gasteiger partial charge in [0.1, 0.15) is 6.42 Å². The van der Waals surface area contributed by atoms with Gasteiger partial charge in [-0.1, -0.05) is 0 Å². The van der Waals surface area contributed by atoms with Crippen LogP contribution in [0, 0.1) is 11.6 Å². The Labute approximate surface area is 138 Å². The zero-order valence-corrected chi connectivity index (χ0v) is 13.9. The van der Waals surface area contributed by atoms with Crippen LogP contribution in [0.3, 0.4) is 0 Å². The molecule has 1 aliphatic rings. The van der Waals surface area contributed by atoms with Crippen LogP contribution in [-0.2, 0) is 19.4 Å². The molecule has 6 nitrogen and oxygen atoms in total. The van der Waals surface area contributed by atoms with Gasteiger partial charge < -0.3 is 10.2 Å². The summed E-state index contributed by atoms with van der Waals surface area (Å²) in [6, 6.07) is 2.44. The highest BCUT2D eigenvalue weighted by molar-refractivity contribution is 7.91. The first-order valence-corrected chi connectivity index (χ1v) is 9.29. The summed E-state index contributed by atoms with van der Waals surface area (Å²) in [5.74, 6) is -3.39. The summed E-state index contributed by atoms with van der Waals surface area (Å²) in [7, 11) is -3.14. The number of carbonyl (C=O) groups is 2. The molecule has 1 unspecified atom stereocenters. The molecule has 9 heteroatoms. The Morgan fingerprint density at radius 2 is 2.00 bits per heavy atom. The average molecular weight is 360 g/mol. The van der Waals surface area contributed by atoms with Crippen molar-refractivity contribution in [3.63, 3.8) is 0 Å². The van der Waals surface area contributed by atoms with Gasteiger partial charge in [0, 0.05) is 24.3 Å². The number of nitrogens with zero attached hydrogens (tertiary/aromatic N) is 1. The Hall–Kier alpha value is -2.03. The van der Waals surface area contributed by atoms with Gasteiger partial charge in [-0.15, -0.1) is 0 Å². The lowest BCUT2D eigenvalue weighted by Gasteiger charge is -2.26. The van der Waals surface area contributed by atoms with Crippen LogP contribution >= 0.6 is 0 Å². The van der Waals surface area contributed by atoms with Crippen LogP contribution in [0.15, 0.2) is 18.2 Å². The molecule has 0 aliphatic carbocycles. The van der Waals surface area contributed by atoms with E-state index in [0.717, 1.165) is 12.1 Å². The fourth-order valence-corrected chi connectivity index (χ4v) is 4.41. The Morgan fingerprint density at radius 1 is 1.29 bits per heavy atom. The minimum Gasteiger partial charge on any atom is -0.338 e. The second-order valence-electron chi connectivity index (χ2n) is 5.59. The molecule has 0 aromatic heterocycles. The molecule has 2 rings (SSSR count). The van der Waals surface area contributed by atoms with Gasteiger partial charge in [0.25, 0.3) is 0 Å². The Balaban J connectivity index is 1.96. The summed E-state index contributed by atoms with van der Waals surface area (Å²) >= 11 is 0. The van der Waals surface area contributed by atoms with Crippen molar-refractivity contribution in [2.45, 2.75) is 25.8 Å². The van der Waals surface area contributed by atoms with E-state index in [9.17, 15) is 26.8 Å². The number of nitrogens with one attached hydrogen (secondary N) is 1. The van der Waals surface area contributed by atoms with E-state index < -0.39 is 45.7 Å². The van der Waals surface area contributed by atoms with E-state index >= 15 is 0 Å². The van der Waals surface area contributed by atoms with Crippen molar-refractivity contribution in [3.05, 3.63) is 29.8 Å². The van der Waals surface area contributed by atoms with E-state index in [2.05, 4.69) is 5.32 Å². The maximum Gasteiger partial charge on any atom is 0.233 e. The molecule has 0 saturated carbocycles. The first kappa shape index (κ1) is 18.3. The van der Waals surface area contributed by atoms with Gasteiger partial charge in [-0.2, -0.15) is 0 Å². The molecule has 1 aliphatic heterocycles. The predicted molar refractivity (Wildman–Crippen MR) is 84.1 cm³/mol. The number of anilines is 1. The number of hydrogen-bond donors (Lipinski definition) is 1. The number of rotatable bonds is 5. The highest BCUT2D eigenvalue weighted by atomic mass is 32.2. The Kier molecular flexibility index (Phi) is 5.53. The smallest absolute Gasteiger partial charge is 0.233 e. The number of hydrogen-bond acceptors (Lipinski definition) is 4. The standard InChI is InChI=1S/C15H18F2N2O4S/c1-2-19(11-5-6-24(22,23)9-11)15(21)8-14(20)18-10-3-4-12(16)13(17)7-10/h3-4,7,11H,2,5-6,8-9H2,1H3,(H,18,20). The summed E-state index contributed by atoms with van der Waals surface area (Å²) in [5, 5.41) is 2.32. The van der Waals surface area contributed by atoms with E-state index in [-0.39, 0.29) is 23.7 Å². The van der Waals surface area contributed by atoms with Crippen molar-refractivity contribution in [2.75, 3.05) is 23.4 Å². The molecular weight excluding hydrogens is 342 g/mol. The first-order valence-electron chi connectivity index (χ1n) is 7.46. The summed E-state index contributed by atoms with van der Waals surface area (Å²) in [4.78, 5) is 25.5. The molecule has 0 radical (unpaired) electrons.